The largest absolute Gasteiger partial charge is 0.507 e. The quantitative estimate of drug-likeness (QED) is 0.783. The fraction of sp³-hybridized carbons (Fsp3) is 0.333. The summed E-state index contributed by atoms with van der Waals surface area (Å²) < 4.78 is 0. The van der Waals surface area contributed by atoms with E-state index in [1.54, 1.807) is 6.07 Å². The van der Waals surface area contributed by atoms with Gasteiger partial charge in [-0.3, -0.25) is 9.59 Å². The van der Waals surface area contributed by atoms with E-state index in [9.17, 15) is 14.7 Å². The Morgan fingerprint density at radius 2 is 1.79 bits per heavy atom. The topological polar surface area (TPSA) is 54.4 Å². The van der Waals surface area contributed by atoms with Crippen LogP contribution >= 0.6 is 0 Å². The maximum atomic E-state index is 12.2. The molecule has 3 rings (SSSR count). The number of rotatable bonds is 7. The Hall–Kier alpha value is -2.42. The van der Waals surface area contributed by atoms with Crippen molar-refractivity contribution in [1.82, 2.24) is 0 Å². The molecule has 0 radical (unpaired) electrons. The second kappa shape index (κ2) is 7.43. The van der Waals surface area contributed by atoms with Crippen molar-refractivity contribution in [2.24, 2.45) is 0 Å². The molecule has 24 heavy (non-hydrogen) atoms. The van der Waals surface area contributed by atoms with Crippen LogP contribution in [0.15, 0.2) is 42.5 Å². The number of aromatic hydroxyl groups is 1. The summed E-state index contributed by atoms with van der Waals surface area (Å²) in [6, 6.07) is 13.9. The van der Waals surface area contributed by atoms with E-state index >= 15 is 0 Å². The van der Waals surface area contributed by atoms with Gasteiger partial charge in [0.2, 0.25) is 0 Å². The van der Waals surface area contributed by atoms with Gasteiger partial charge in [-0.1, -0.05) is 42.5 Å². The molecule has 0 heterocycles. The first-order valence-corrected chi connectivity index (χ1v) is 8.57. The van der Waals surface area contributed by atoms with Gasteiger partial charge in [0.1, 0.15) is 11.5 Å². The molecule has 0 saturated carbocycles. The zero-order valence-electron chi connectivity index (χ0n) is 13.8. The van der Waals surface area contributed by atoms with Gasteiger partial charge in [-0.25, -0.2) is 0 Å². The lowest BCUT2D eigenvalue weighted by atomic mass is 9.98. The van der Waals surface area contributed by atoms with Crippen molar-refractivity contribution < 1.29 is 14.7 Å². The molecule has 0 atom stereocenters. The van der Waals surface area contributed by atoms with Crippen molar-refractivity contribution in [2.75, 3.05) is 0 Å². The smallest absolute Gasteiger partial charge is 0.167 e. The normalized spacial score (nSPS) is 13.1. The number of hydrogen-bond donors (Lipinski definition) is 1. The van der Waals surface area contributed by atoms with Crippen LogP contribution in [0.1, 0.15) is 52.7 Å². The highest BCUT2D eigenvalue weighted by molar-refractivity contribution is 6.03. The Kier molecular flexibility index (Phi) is 5.09. The Morgan fingerprint density at radius 3 is 2.58 bits per heavy atom. The van der Waals surface area contributed by atoms with E-state index in [4.69, 9.17) is 0 Å². The highest BCUT2D eigenvalue weighted by atomic mass is 16.3. The van der Waals surface area contributed by atoms with E-state index in [-0.39, 0.29) is 23.7 Å². The van der Waals surface area contributed by atoms with Gasteiger partial charge in [0.15, 0.2) is 5.78 Å². The number of phenols is 1. The summed E-state index contributed by atoms with van der Waals surface area (Å²) in [4.78, 5) is 24.0. The molecule has 2 aromatic carbocycles. The maximum Gasteiger partial charge on any atom is 0.167 e. The minimum atomic E-state index is -0.0142. The third-order valence-electron chi connectivity index (χ3n) is 4.65. The van der Waals surface area contributed by atoms with Crippen molar-refractivity contribution in [1.29, 1.82) is 0 Å². The first-order chi connectivity index (χ1) is 11.6. The first-order valence-electron chi connectivity index (χ1n) is 8.57. The number of hydrogen-bond acceptors (Lipinski definition) is 3. The molecule has 1 aliphatic carbocycles. The van der Waals surface area contributed by atoms with Crippen LogP contribution in [0, 0.1) is 0 Å². The van der Waals surface area contributed by atoms with Crippen LogP contribution in [0.2, 0.25) is 0 Å². The fourth-order valence-corrected chi connectivity index (χ4v) is 3.31. The molecule has 0 unspecified atom stereocenters. The molecule has 0 aliphatic heterocycles. The highest BCUT2D eigenvalue weighted by Crippen LogP contribution is 2.33. The van der Waals surface area contributed by atoms with Gasteiger partial charge in [0.05, 0.1) is 5.56 Å². The molecule has 1 N–H and O–H groups in total. The number of aryl methyl sites for hydroxylation is 2. The van der Waals surface area contributed by atoms with Crippen LogP contribution < -0.4 is 0 Å². The maximum absolute atomic E-state index is 12.2. The van der Waals surface area contributed by atoms with Crippen molar-refractivity contribution in [3.05, 3.63) is 64.7 Å². The van der Waals surface area contributed by atoms with Gasteiger partial charge >= 0.3 is 0 Å². The summed E-state index contributed by atoms with van der Waals surface area (Å²) in [5, 5.41) is 10.3. The zero-order chi connectivity index (χ0) is 16.9. The third-order valence-corrected chi connectivity index (χ3v) is 4.65. The molecule has 0 bridgehead atoms. The second-order valence-corrected chi connectivity index (χ2v) is 6.44. The summed E-state index contributed by atoms with van der Waals surface area (Å²) in [5.74, 6) is 0.121. The van der Waals surface area contributed by atoms with Gasteiger partial charge in [-0.05, 0) is 36.8 Å². The molecular weight excluding hydrogens is 300 g/mol. The number of phenolic OH excluding ortho intramolecular Hbond substituents is 1. The fourth-order valence-electron chi connectivity index (χ4n) is 3.31. The summed E-state index contributed by atoms with van der Waals surface area (Å²) >= 11 is 0. The highest BCUT2D eigenvalue weighted by Gasteiger charge is 2.25. The molecule has 3 heteroatoms. The van der Waals surface area contributed by atoms with Crippen molar-refractivity contribution >= 4 is 11.6 Å². The minimum Gasteiger partial charge on any atom is -0.507 e. The zero-order valence-corrected chi connectivity index (χ0v) is 13.8. The number of Topliss-reactive ketones (excluding diaryl/α,β-unsaturated/α-hetero) is 2. The van der Waals surface area contributed by atoms with E-state index in [2.05, 4.69) is 12.1 Å². The minimum absolute atomic E-state index is 0.0142. The molecule has 2 aromatic rings. The standard InChI is InChI=1S/C21H22O3/c22-18(9-5-4-8-15-6-2-1-3-7-15)14-17-11-10-16-12-13-19(23)20(16)21(17)24/h1-3,6-7,10-11,24H,4-5,8-9,12-14H2. The average molecular weight is 322 g/mol. The van der Waals surface area contributed by atoms with E-state index in [0.717, 1.165) is 24.8 Å². The molecule has 0 fully saturated rings. The Morgan fingerprint density at radius 1 is 1.00 bits per heavy atom. The van der Waals surface area contributed by atoms with Gasteiger partial charge in [-0.15, -0.1) is 0 Å². The second-order valence-electron chi connectivity index (χ2n) is 6.44. The molecule has 0 aromatic heterocycles. The van der Waals surface area contributed by atoms with Crippen molar-refractivity contribution in [3.63, 3.8) is 0 Å². The van der Waals surface area contributed by atoms with Crippen LogP contribution in [0.3, 0.4) is 0 Å². The lowest BCUT2D eigenvalue weighted by molar-refractivity contribution is -0.118. The first kappa shape index (κ1) is 16.4. The van der Waals surface area contributed by atoms with E-state index in [0.29, 0.717) is 30.4 Å². The van der Waals surface area contributed by atoms with Crippen LogP contribution in [0.5, 0.6) is 5.75 Å². The van der Waals surface area contributed by atoms with Crippen LogP contribution in [0.25, 0.3) is 0 Å². The number of carbonyl (C=O) groups excluding carboxylic acids is 2. The Labute approximate surface area is 142 Å². The number of unbranched alkanes of at least 4 members (excludes halogenated alkanes) is 1. The lowest BCUT2D eigenvalue weighted by Crippen LogP contribution is -2.05. The van der Waals surface area contributed by atoms with Crippen molar-refractivity contribution in [3.8, 4) is 5.75 Å². The van der Waals surface area contributed by atoms with Crippen LogP contribution in [0.4, 0.5) is 0 Å². The number of fused-ring (bicyclic) bond motifs is 1. The van der Waals surface area contributed by atoms with Crippen molar-refractivity contribution in [2.45, 2.75) is 44.9 Å². The molecule has 3 nitrogen and oxygen atoms in total. The molecule has 0 saturated heterocycles. The predicted molar refractivity (Wildman–Crippen MR) is 93.5 cm³/mol. The summed E-state index contributed by atoms with van der Waals surface area (Å²) in [6.07, 6.45) is 4.67. The third kappa shape index (κ3) is 3.73. The van der Waals surface area contributed by atoms with E-state index in [1.165, 1.54) is 5.56 Å². The van der Waals surface area contributed by atoms with Gasteiger partial charge in [0.25, 0.3) is 0 Å². The van der Waals surface area contributed by atoms with Gasteiger partial charge in [-0.2, -0.15) is 0 Å². The molecule has 124 valence electrons. The van der Waals surface area contributed by atoms with Gasteiger partial charge in [0, 0.05) is 24.8 Å². The molecule has 1 aliphatic rings. The Balaban J connectivity index is 1.51. The van der Waals surface area contributed by atoms with Crippen LogP contribution in [-0.4, -0.2) is 16.7 Å². The number of carbonyl (C=O) groups is 2. The van der Waals surface area contributed by atoms with Crippen LogP contribution in [-0.2, 0) is 24.1 Å². The predicted octanol–water partition coefficient (Wildman–Crippen LogP) is 4.05. The van der Waals surface area contributed by atoms with E-state index < -0.39 is 0 Å². The monoisotopic (exact) mass is 322 g/mol. The average Bonchev–Trinajstić information content (AvgIpc) is 2.97. The molecular formula is C21H22O3. The number of ketones is 2. The van der Waals surface area contributed by atoms with Gasteiger partial charge < -0.3 is 5.11 Å². The lowest BCUT2D eigenvalue weighted by Gasteiger charge is -2.08. The molecule has 0 spiro atoms. The molecule has 0 amide bonds. The van der Waals surface area contributed by atoms with E-state index in [1.807, 2.05) is 24.3 Å². The number of benzene rings is 2. The Bertz CT molecular complexity index is 747. The summed E-state index contributed by atoms with van der Waals surface area (Å²) in [5.41, 5.74) is 3.21. The SMILES string of the molecule is O=C(CCCCc1ccccc1)Cc1ccc2c(c1O)C(=O)CC2. The summed E-state index contributed by atoms with van der Waals surface area (Å²) in [7, 11) is 0. The summed E-state index contributed by atoms with van der Waals surface area (Å²) in [6.45, 7) is 0.